The van der Waals surface area contributed by atoms with Crippen LogP contribution < -0.4 is 10.6 Å². The first kappa shape index (κ1) is 11.5. The number of fused-ring (bicyclic) bond motifs is 1. The van der Waals surface area contributed by atoms with Gasteiger partial charge in [0, 0.05) is 12.7 Å². The zero-order chi connectivity index (χ0) is 13.4. The topological polar surface area (TPSA) is 79.5 Å². The smallest absolute Gasteiger partial charge is 0.280 e. The van der Waals surface area contributed by atoms with Gasteiger partial charge in [0.05, 0.1) is 11.4 Å². The number of pyridine rings is 1. The molecule has 2 heterocycles. The second kappa shape index (κ2) is 4.28. The van der Waals surface area contributed by atoms with E-state index in [-0.39, 0.29) is 17.4 Å². The van der Waals surface area contributed by atoms with Crippen molar-refractivity contribution in [3.63, 3.8) is 0 Å². The van der Waals surface area contributed by atoms with Crippen LogP contribution in [0.25, 0.3) is 0 Å². The van der Waals surface area contributed by atoms with E-state index in [0.29, 0.717) is 12.2 Å². The Bertz CT molecular complexity index is 655. The average Bonchev–Trinajstić information content (AvgIpc) is 2.84. The number of carbonyl (C=O) groups excluding carboxylic acids is 1. The number of hydrogen-bond donors (Lipinski definition) is 2. The molecule has 0 unspecified atom stereocenters. The lowest BCUT2D eigenvalue weighted by Crippen LogP contribution is -2.30. The zero-order valence-corrected chi connectivity index (χ0v) is 10.2. The first-order valence-corrected chi connectivity index (χ1v) is 6.01. The molecule has 96 valence electrons. The quantitative estimate of drug-likeness (QED) is 0.758. The molecule has 3 rings (SSSR count). The fraction of sp³-hybridized carbons (Fsp3) is 0.143. The van der Waals surface area contributed by atoms with Crippen LogP contribution in [0.5, 0.6) is 5.75 Å². The molecule has 2 aromatic rings. The summed E-state index contributed by atoms with van der Waals surface area (Å²) in [5.74, 6) is -0.440. The maximum atomic E-state index is 12.4. The third kappa shape index (κ3) is 1.79. The van der Waals surface area contributed by atoms with Gasteiger partial charge < -0.3 is 15.7 Å². The average molecular weight is 255 g/mol. The van der Waals surface area contributed by atoms with Crippen molar-refractivity contribution >= 4 is 17.3 Å². The number of carbonyl (C=O) groups is 1. The van der Waals surface area contributed by atoms with Gasteiger partial charge in [-0.2, -0.15) is 0 Å². The molecular weight excluding hydrogens is 242 g/mol. The molecule has 0 radical (unpaired) electrons. The lowest BCUT2D eigenvalue weighted by atomic mass is 10.1. The number of rotatable bonds is 1. The summed E-state index contributed by atoms with van der Waals surface area (Å²) in [5.41, 5.74) is 8.34. The van der Waals surface area contributed by atoms with Crippen molar-refractivity contribution in [2.75, 3.05) is 17.2 Å². The van der Waals surface area contributed by atoms with Crippen LogP contribution in [-0.4, -0.2) is 22.5 Å². The monoisotopic (exact) mass is 255 g/mol. The molecule has 0 aliphatic carbocycles. The van der Waals surface area contributed by atoms with Crippen LogP contribution in [0, 0.1) is 0 Å². The summed E-state index contributed by atoms with van der Waals surface area (Å²) < 4.78 is 0. The van der Waals surface area contributed by atoms with E-state index in [1.165, 1.54) is 12.3 Å². The van der Waals surface area contributed by atoms with Gasteiger partial charge in [0.25, 0.3) is 5.91 Å². The molecule has 1 aromatic heterocycles. The van der Waals surface area contributed by atoms with E-state index in [0.717, 1.165) is 17.7 Å². The number of anilines is 2. The van der Waals surface area contributed by atoms with E-state index in [1.54, 1.807) is 17.0 Å². The van der Waals surface area contributed by atoms with Crippen LogP contribution in [-0.2, 0) is 6.42 Å². The Balaban J connectivity index is 2.03. The minimum atomic E-state index is -0.324. The highest BCUT2D eigenvalue weighted by Gasteiger charge is 2.29. The molecule has 1 aliphatic rings. The van der Waals surface area contributed by atoms with Gasteiger partial charge in [-0.3, -0.25) is 4.79 Å². The number of aromatic nitrogens is 1. The molecule has 1 aliphatic heterocycles. The predicted octanol–water partition coefficient (Wildman–Crippen LogP) is 1.57. The van der Waals surface area contributed by atoms with Crippen LogP contribution in [0.4, 0.5) is 11.4 Å². The summed E-state index contributed by atoms with van der Waals surface area (Å²) in [6.07, 6.45) is 2.25. The van der Waals surface area contributed by atoms with E-state index in [2.05, 4.69) is 4.98 Å². The van der Waals surface area contributed by atoms with Crippen molar-refractivity contribution in [1.82, 2.24) is 4.98 Å². The van der Waals surface area contributed by atoms with Crippen molar-refractivity contribution in [2.45, 2.75) is 6.42 Å². The second-order valence-electron chi connectivity index (χ2n) is 4.43. The Hall–Kier alpha value is -2.56. The Labute approximate surface area is 110 Å². The number of para-hydroxylation sites is 1. The Morgan fingerprint density at radius 1 is 1.32 bits per heavy atom. The third-order valence-electron chi connectivity index (χ3n) is 3.26. The molecule has 3 N–H and O–H groups in total. The fourth-order valence-electron chi connectivity index (χ4n) is 2.38. The molecule has 0 bridgehead atoms. The first-order chi connectivity index (χ1) is 9.18. The number of amides is 1. The normalized spacial score (nSPS) is 13.4. The molecule has 0 saturated heterocycles. The van der Waals surface area contributed by atoms with Gasteiger partial charge in [0.2, 0.25) is 0 Å². The van der Waals surface area contributed by atoms with Gasteiger partial charge >= 0.3 is 0 Å². The van der Waals surface area contributed by atoms with Crippen molar-refractivity contribution in [1.29, 1.82) is 0 Å². The summed E-state index contributed by atoms with van der Waals surface area (Å²) in [6.45, 7) is 0.554. The fourth-order valence-corrected chi connectivity index (χ4v) is 2.38. The highest BCUT2D eigenvalue weighted by atomic mass is 16.3. The largest absolute Gasteiger partial charge is 0.505 e. The lowest BCUT2D eigenvalue weighted by Gasteiger charge is -2.18. The Kier molecular flexibility index (Phi) is 2.59. The number of nitrogens with zero attached hydrogens (tertiary/aromatic N) is 2. The molecule has 0 atom stereocenters. The summed E-state index contributed by atoms with van der Waals surface area (Å²) in [4.78, 5) is 18.0. The lowest BCUT2D eigenvalue weighted by molar-refractivity contribution is 0.0982. The van der Waals surface area contributed by atoms with E-state index in [9.17, 15) is 9.90 Å². The van der Waals surface area contributed by atoms with E-state index < -0.39 is 0 Å². The van der Waals surface area contributed by atoms with Crippen LogP contribution in [0.3, 0.4) is 0 Å². The van der Waals surface area contributed by atoms with Crippen LogP contribution in [0.15, 0.2) is 36.5 Å². The number of nitrogen functional groups attached to an aromatic ring is 1. The minimum absolute atomic E-state index is 0.0543. The van der Waals surface area contributed by atoms with Crippen molar-refractivity contribution < 1.29 is 9.90 Å². The van der Waals surface area contributed by atoms with Crippen molar-refractivity contribution in [2.24, 2.45) is 0 Å². The first-order valence-electron chi connectivity index (χ1n) is 6.01. The molecule has 1 aromatic carbocycles. The summed E-state index contributed by atoms with van der Waals surface area (Å²) in [6, 6.07) is 8.63. The third-order valence-corrected chi connectivity index (χ3v) is 3.26. The van der Waals surface area contributed by atoms with Crippen LogP contribution in [0.1, 0.15) is 16.1 Å². The Morgan fingerprint density at radius 3 is 2.95 bits per heavy atom. The maximum Gasteiger partial charge on any atom is 0.280 e. The maximum absolute atomic E-state index is 12.4. The summed E-state index contributed by atoms with van der Waals surface area (Å²) >= 11 is 0. The van der Waals surface area contributed by atoms with Crippen molar-refractivity contribution in [3.05, 3.63) is 47.8 Å². The second-order valence-corrected chi connectivity index (χ2v) is 4.43. The summed E-state index contributed by atoms with van der Waals surface area (Å²) in [5, 5.41) is 9.72. The van der Waals surface area contributed by atoms with Gasteiger partial charge in [0.1, 0.15) is 5.75 Å². The van der Waals surface area contributed by atoms with E-state index in [1.807, 2.05) is 12.1 Å². The zero-order valence-electron chi connectivity index (χ0n) is 10.2. The SMILES string of the molecule is Nc1cccc2c1N(C(=O)c1ncccc1O)CC2. The number of benzene rings is 1. The van der Waals surface area contributed by atoms with Gasteiger partial charge in [-0.15, -0.1) is 0 Å². The standard InChI is InChI=1S/C14H13N3O2/c15-10-4-1-3-9-6-8-17(13(9)10)14(19)12-11(18)5-2-7-16-12/h1-5,7,18H,6,8,15H2. The number of hydrogen-bond acceptors (Lipinski definition) is 4. The summed E-state index contributed by atoms with van der Waals surface area (Å²) in [7, 11) is 0. The highest BCUT2D eigenvalue weighted by molar-refractivity contribution is 6.09. The van der Waals surface area contributed by atoms with Crippen LogP contribution in [0.2, 0.25) is 0 Å². The van der Waals surface area contributed by atoms with Crippen LogP contribution >= 0.6 is 0 Å². The van der Waals surface area contributed by atoms with Crippen molar-refractivity contribution in [3.8, 4) is 5.75 Å². The molecule has 19 heavy (non-hydrogen) atoms. The van der Waals surface area contributed by atoms with Gasteiger partial charge in [-0.1, -0.05) is 12.1 Å². The number of aromatic hydroxyl groups is 1. The molecule has 5 nitrogen and oxygen atoms in total. The Morgan fingerprint density at radius 2 is 2.16 bits per heavy atom. The van der Waals surface area contributed by atoms with Gasteiger partial charge in [-0.05, 0) is 30.2 Å². The van der Waals surface area contributed by atoms with Gasteiger partial charge in [0.15, 0.2) is 5.69 Å². The van der Waals surface area contributed by atoms with Gasteiger partial charge in [-0.25, -0.2) is 4.98 Å². The highest BCUT2D eigenvalue weighted by Crippen LogP contribution is 2.35. The minimum Gasteiger partial charge on any atom is -0.505 e. The predicted molar refractivity (Wildman–Crippen MR) is 72.1 cm³/mol. The number of nitrogens with two attached hydrogens (primary N) is 1. The van der Waals surface area contributed by atoms with E-state index >= 15 is 0 Å². The molecule has 5 heteroatoms. The van der Waals surface area contributed by atoms with E-state index in [4.69, 9.17) is 5.73 Å². The molecule has 0 saturated carbocycles. The molecule has 0 spiro atoms. The molecular formula is C14H13N3O2. The molecule has 1 amide bonds. The molecule has 0 fully saturated rings.